The third kappa shape index (κ3) is 5.26. The van der Waals surface area contributed by atoms with Crippen molar-refractivity contribution in [1.82, 2.24) is 10.2 Å². The molecule has 0 radical (unpaired) electrons. The Morgan fingerprint density at radius 1 is 1.19 bits per heavy atom. The monoisotopic (exact) mass is 379 g/mol. The van der Waals surface area contributed by atoms with Gasteiger partial charge in [0.05, 0.1) is 33.7 Å². The van der Waals surface area contributed by atoms with Crippen LogP contribution in [0.1, 0.15) is 18.4 Å². The van der Waals surface area contributed by atoms with Crippen molar-refractivity contribution >= 4 is 11.8 Å². The maximum Gasteiger partial charge on any atom is 0.227 e. The molecular weight excluding hydrogens is 350 g/mol. The van der Waals surface area contributed by atoms with Crippen molar-refractivity contribution in [3.63, 3.8) is 0 Å². The molecule has 2 amide bonds. The minimum Gasteiger partial charge on any atom is -0.493 e. The Morgan fingerprint density at radius 2 is 1.85 bits per heavy atom. The van der Waals surface area contributed by atoms with Gasteiger partial charge in [-0.25, -0.2) is 0 Å². The summed E-state index contributed by atoms with van der Waals surface area (Å²) in [5.74, 6) is 1.26. The van der Waals surface area contributed by atoms with E-state index in [1.807, 2.05) is 0 Å². The standard InChI is InChI=1S/C19H29N3O5/c1-25-15-9-13(10-16(26-2)18(15)27-3)11-17(23)22-8-4-5-14(12-22)19(24)21-7-6-20/h9-10,14H,4-8,11-12,20H2,1-3H3,(H,21,24). The molecule has 1 aromatic carbocycles. The molecule has 1 aliphatic rings. The molecule has 1 heterocycles. The lowest BCUT2D eigenvalue weighted by Gasteiger charge is -2.32. The fourth-order valence-corrected chi connectivity index (χ4v) is 3.28. The summed E-state index contributed by atoms with van der Waals surface area (Å²) in [7, 11) is 4.62. The van der Waals surface area contributed by atoms with E-state index < -0.39 is 0 Å². The van der Waals surface area contributed by atoms with E-state index >= 15 is 0 Å². The van der Waals surface area contributed by atoms with Crippen LogP contribution < -0.4 is 25.3 Å². The Hall–Kier alpha value is -2.48. The Bertz CT molecular complexity index is 640. The number of rotatable bonds is 8. The Kier molecular flexibility index (Phi) is 7.72. The van der Waals surface area contributed by atoms with E-state index in [0.717, 1.165) is 18.4 Å². The van der Waals surface area contributed by atoms with E-state index in [1.54, 1.807) is 17.0 Å². The summed E-state index contributed by atoms with van der Waals surface area (Å²) in [6, 6.07) is 3.54. The minimum atomic E-state index is -0.186. The predicted molar refractivity (Wildman–Crippen MR) is 101 cm³/mol. The fraction of sp³-hybridized carbons (Fsp3) is 0.579. The number of carbonyl (C=O) groups excluding carboxylic acids is 2. The van der Waals surface area contributed by atoms with Crippen molar-refractivity contribution in [2.75, 3.05) is 47.5 Å². The summed E-state index contributed by atoms with van der Waals surface area (Å²) in [6.07, 6.45) is 1.79. The number of amides is 2. The number of nitrogens with one attached hydrogen (secondary N) is 1. The van der Waals surface area contributed by atoms with E-state index in [1.165, 1.54) is 21.3 Å². The first-order chi connectivity index (χ1) is 13.0. The Balaban J connectivity index is 2.07. The second-order valence-electron chi connectivity index (χ2n) is 6.47. The van der Waals surface area contributed by atoms with Gasteiger partial charge in [0.15, 0.2) is 11.5 Å². The molecule has 1 aromatic rings. The van der Waals surface area contributed by atoms with Crippen molar-refractivity contribution in [3.8, 4) is 17.2 Å². The van der Waals surface area contributed by atoms with Crippen LogP contribution >= 0.6 is 0 Å². The maximum absolute atomic E-state index is 12.8. The van der Waals surface area contributed by atoms with Gasteiger partial charge < -0.3 is 30.2 Å². The lowest BCUT2D eigenvalue weighted by Crippen LogP contribution is -2.46. The number of likely N-dealkylation sites (tertiary alicyclic amines) is 1. The zero-order valence-corrected chi connectivity index (χ0v) is 16.2. The first-order valence-corrected chi connectivity index (χ1v) is 9.08. The van der Waals surface area contributed by atoms with Crippen LogP contribution in [-0.4, -0.2) is 64.2 Å². The van der Waals surface area contributed by atoms with Crippen LogP contribution in [0.3, 0.4) is 0 Å². The van der Waals surface area contributed by atoms with E-state index in [9.17, 15) is 9.59 Å². The molecule has 2 rings (SSSR count). The molecule has 0 spiro atoms. The summed E-state index contributed by atoms with van der Waals surface area (Å²) in [5.41, 5.74) is 6.19. The summed E-state index contributed by atoms with van der Waals surface area (Å²) in [5, 5.41) is 2.81. The number of methoxy groups -OCH3 is 3. The van der Waals surface area contributed by atoms with Crippen molar-refractivity contribution in [2.24, 2.45) is 11.7 Å². The number of benzene rings is 1. The Labute approximate surface area is 159 Å². The topological polar surface area (TPSA) is 103 Å². The van der Waals surface area contributed by atoms with Crippen LogP contribution in [0.2, 0.25) is 0 Å². The molecule has 3 N–H and O–H groups in total. The quantitative estimate of drug-likeness (QED) is 0.684. The smallest absolute Gasteiger partial charge is 0.227 e. The van der Waals surface area contributed by atoms with Crippen LogP contribution in [0.15, 0.2) is 12.1 Å². The van der Waals surface area contributed by atoms with Gasteiger partial charge in [0.2, 0.25) is 17.6 Å². The molecule has 1 fully saturated rings. The van der Waals surface area contributed by atoms with Crippen LogP contribution in [0, 0.1) is 5.92 Å². The van der Waals surface area contributed by atoms with Gasteiger partial charge in [-0.2, -0.15) is 0 Å². The number of carbonyl (C=O) groups is 2. The number of hydrogen-bond acceptors (Lipinski definition) is 6. The molecule has 8 heteroatoms. The lowest BCUT2D eigenvalue weighted by atomic mass is 9.96. The number of nitrogens with zero attached hydrogens (tertiary/aromatic N) is 1. The first-order valence-electron chi connectivity index (χ1n) is 9.08. The molecule has 0 aliphatic carbocycles. The van der Waals surface area contributed by atoms with Crippen molar-refractivity contribution in [2.45, 2.75) is 19.3 Å². The van der Waals surface area contributed by atoms with E-state index in [-0.39, 0.29) is 24.2 Å². The second-order valence-corrected chi connectivity index (χ2v) is 6.47. The largest absolute Gasteiger partial charge is 0.493 e. The highest BCUT2D eigenvalue weighted by Crippen LogP contribution is 2.38. The number of nitrogens with two attached hydrogens (primary N) is 1. The molecule has 0 aromatic heterocycles. The van der Waals surface area contributed by atoms with Gasteiger partial charge in [0.1, 0.15) is 0 Å². The summed E-state index contributed by atoms with van der Waals surface area (Å²) < 4.78 is 16.0. The highest BCUT2D eigenvalue weighted by atomic mass is 16.5. The van der Waals surface area contributed by atoms with Crippen LogP contribution in [-0.2, 0) is 16.0 Å². The Morgan fingerprint density at radius 3 is 2.41 bits per heavy atom. The number of ether oxygens (including phenoxy) is 3. The summed E-state index contributed by atoms with van der Waals surface area (Å²) in [4.78, 5) is 26.7. The molecule has 1 unspecified atom stereocenters. The fourth-order valence-electron chi connectivity index (χ4n) is 3.28. The maximum atomic E-state index is 12.8. The van der Waals surface area contributed by atoms with Crippen molar-refractivity contribution < 1.29 is 23.8 Å². The third-order valence-corrected chi connectivity index (χ3v) is 4.67. The third-order valence-electron chi connectivity index (χ3n) is 4.67. The van der Waals surface area contributed by atoms with E-state index in [2.05, 4.69) is 5.32 Å². The highest BCUT2D eigenvalue weighted by molar-refractivity contribution is 5.82. The lowest BCUT2D eigenvalue weighted by molar-refractivity contribution is -0.135. The molecule has 1 saturated heterocycles. The molecule has 1 aliphatic heterocycles. The van der Waals surface area contributed by atoms with Gasteiger partial charge in [0, 0.05) is 26.2 Å². The molecule has 0 saturated carbocycles. The molecule has 1 atom stereocenters. The van der Waals surface area contributed by atoms with Crippen molar-refractivity contribution in [3.05, 3.63) is 17.7 Å². The normalized spacial score (nSPS) is 16.6. The summed E-state index contributed by atoms with van der Waals surface area (Å²) in [6.45, 7) is 1.94. The van der Waals surface area contributed by atoms with Crippen molar-refractivity contribution in [1.29, 1.82) is 0 Å². The van der Waals surface area contributed by atoms with Gasteiger partial charge in [-0.15, -0.1) is 0 Å². The molecule has 150 valence electrons. The number of hydrogen-bond donors (Lipinski definition) is 2. The van der Waals surface area contributed by atoms with Gasteiger partial charge >= 0.3 is 0 Å². The zero-order valence-electron chi connectivity index (χ0n) is 16.2. The number of piperidine rings is 1. The van der Waals surface area contributed by atoms with E-state index in [0.29, 0.717) is 43.4 Å². The summed E-state index contributed by atoms with van der Waals surface area (Å²) >= 11 is 0. The van der Waals surface area contributed by atoms with Gasteiger partial charge in [-0.1, -0.05) is 0 Å². The minimum absolute atomic E-state index is 0.0272. The molecule has 0 bridgehead atoms. The second kappa shape index (κ2) is 10.0. The van der Waals surface area contributed by atoms with Gasteiger partial charge in [-0.3, -0.25) is 9.59 Å². The molecular formula is C19H29N3O5. The van der Waals surface area contributed by atoms with Gasteiger partial charge in [0.25, 0.3) is 0 Å². The van der Waals surface area contributed by atoms with Crippen LogP contribution in [0.25, 0.3) is 0 Å². The highest BCUT2D eigenvalue weighted by Gasteiger charge is 2.28. The van der Waals surface area contributed by atoms with E-state index in [4.69, 9.17) is 19.9 Å². The SMILES string of the molecule is COc1cc(CC(=O)N2CCCC(C(=O)NCCN)C2)cc(OC)c1OC. The predicted octanol–water partition coefficient (Wildman–Crippen LogP) is 0.568. The average molecular weight is 379 g/mol. The first kappa shape index (κ1) is 20.8. The molecule has 27 heavy (non-hydrogen) atoms. The zero-order chi connectivity index (χ0) is 19.8. The van der Waals surface area contributed by atoms with Crippen LogP contribution in [0.4, 0.5) is 0 Å². The van der Waals surface area contributed by atoms with Gasteiger partial charge in [-0.05, 0) is 30.5 Å². The van der Waals surface area contributed by atoms with Crippen LogP contribution in [0.5, 0.6) is 17.2 Å². The average Bonchev–Trinajstić information content (AvgIpc) is 2.71. The molecule has 8 nitrogen and oxygen atoms in total.